The Balaban J connectivity index is 1.46. The lowest BCUT2D eigenvalue weighted by molar-refractivity contribution is 0.0718. The summed E-state index contributed by atoms with van der Waals surface area (Å²) in [6.45, 7) is 6.71. The Hall–Kier alpha value is -2.56. The summed E-state index contributed by atoms with van der Waals surface area (Å²) < 4.78 is 2.32. The molecule has 1 aromatic carbocycles. The first-order chi connectivity index (χ1) is 13.1. The van der Waals surface area contributed by atoms with E-state index in [4.69, 9.17) is 0 Å². The molecule has 2 amide bonds. The molecule has 0 unspecified atom stereocenters. The highest BCUT2D eigenvalue weighted by molar-refractivity contribution is 5.96. The zero-order chi connectivity index (χ0) is 19.0. The minimum absolute atomic E-state index is 0.0526. The third kappa shape index (κ3) is 3.51. The van der Waals surface area contributed by atoms with Gasteiger partial charge in [-0.1, -0.05) is 18.2 Å². The van der Waals surface area contributed by atoms with E-state index in [2.05, 4.69) is 18.4 Å². The molecular weight excluding hydrogens is 338 g/mol. The lowest BCUT2D eigenvalue weighted by Gasteiger charge is -2.22. The van der Waals surface area contributed by atoms with Crippen molar-refractivity contribution in [2.45, 2.75) is 39.2 Å². The van der Waals surface area contributed by atoms with Crippen molar-refractivity contribution >= 4 is 11.8 Å². The summed E-state index contributed by atoms with van der Waals surface area (Å²) >= 11 is 0. The highest BCUT2D eigenvalue weighted by Gasteiger charge is 2.30. The quantitative estimate of drug-likeness (QED) is 0.837. The summed E-state index contributed by atoms with van der Waals surface area (Å²) in [5, 5.41) is 0. The SMILES string of the molecule is Cc1cc(C(=O)N2CCCN(C(=O)c3ccccc3)CC2)c(C)n1C1CC1. The van der Waals surface area contributed by atoms with Crippen LogP contribution < -0.4 is 0 Å². The molecule has 0 N–H and O–H groups in total. The van der Waals surface area contributed by atoms with Gasteiger partial charge in [-0.05, 0) is 51.3 Å². The first-order valence-corrected chi connectivity index (χ1v) is 9.88. The number of nitrogens with zero attached hydrogens (tertiary/aromatic N) is 3. The maximum absolute atomic E-state index is 13.1. The summed E-state index contributed by atoms with van der Waals surface area (Å²) in [5.41, 5.74) is 3.79. The average Bonchev–Trinajstić information content (AvgIpc) is 3.49. The topological polar surface area (TPSA) is 45.6 Å². The molecule has 1 aromatic heterocycles. The molecule has 0 bridgehead atoms. The van der Waals surface area contributed by atoms with Crippen LogP contribution in [0.15, 0.2) is 36.4 Å². The zero-order valence-corrected chi connectivity index (χ0v) is 16.1. The Morgan fingerprint density at radius 1 is 0.889 bits per heavy atom. The van der Waals surface area contributed by atoms with E-state index in [-0.39, 0.29) is 11.8 Å². The largest absolute Gasteiger partial charge is 0.345 e. The molecule has 2 aliphatic rings. The molecule has 1 saturated carbocycles. The van der Waals surface area contributed by atoms with E-state index in [1.54, 1.807) is 0 Å². The van der Waals surface area contributed by atoms with Crippen LogP contribution in [-0.2, 0) is 0 Å². The van der Waals surface area contributed by atoms with Crippen molar-refractivity contribution in [3.05, 3.63) is 58.9 Å². The third-order valence-corrected chi connectivity index (χ3v) is 5.72. The van der Waals surface area contributed by atoms with Gasteiger partial charge in [-0.2, -0.15) is 0 Å². The number of hydrogen-bond donors (Lipinski definition) is 0. The van der Waals surface area contributed by atoms with Crippen molar-refractivity contribution < 1.29 is 9.59 Å². The average molecular weight is 365 g/mol. The fourth-order valence-electron chi connectivity index (χ4n) is 4.15. The highest BCUT2D eigenvalue weighted by Crippen LogP contribution is 2.38. The van der Waals surface area contributed by atoms with Gasteiger partial charge < -0.3 is 14.4 Å². The minimum atomic E-state index is 0.0526. The van der Waals surface area contributed by atoms with E-state index in [1.165, 1.54) is 18.5 Å². The number of amides is 2. The fourth-order valence-corrected chi connectivity index (χ4v) is 4.15. The molecule has 1 saturated heterocycles. The molecule has 2 fully saturated rings. The van der Waals surface area contributed by atoms with Crippen molar-refractivity contribution in [1.82, 2.24) is 14.4 Å². The maximum atomic E-state index is 13.1. The van der Waals surface area contributed by atoms with E-state index >= 15 is 0 Å². The molecule has 4 rings (SSSR count). The smallest absolute Gasteiger partial charge is 0.255 e. The van der Waals surface area contributed by atoms with Crippen LogP contribution in [0.25, 0.3) is 0 Å². The van der Waals surface area contributed by atoms with Crippen LogP contribution in [0.3, 0.4) is 0 Å². The van der Waals surface area contributed by atoms with E-state index in [0.717, 1.165) is 17.7 Å². The zero-order valence-electron chi connectivity index (χ0n) is 16.1. The molecule has 0 atom stereocenters. The number of aromatic nitrogens is 1. The summed E-state index contributed by atoms with van der Waals surface area (Å²) in [4.78, 5) is 29.6. The van der Waals surface area contributed by atoms with Crippen LogP contribution in [-0.4, -0.2) is 52.4 Å². The van der Waals surface area contributed by atoms with Crippen LogP contribution in [0.4, 0.5) is 0 Å². The number of carbonyl (C=O) groups is 2. The second-order valence-electron chi connectivity index (χ2n) is 7.69. The van der Waals surface area contributed by atoms with Crippen LogP contribution in [0.5, 0.6) is 0 Å². The van der Waals surface area contributed by atoms with Crippen LogP contribution >= 0.6 is 0 Å². The van der Waals surface area contributed by atoms with Crippen LogP contribution in [0.2, 0.25) is 0 Å². The first-order valence-electron chi connectivity index (χ1n) is 9.88. The summed E-state index contributed by atoms with van der Waals surface area (Å²) in [5.74, 6) is 0.154. The fraction of sp³-hybridized carbons (Fsp3) is 0.455. The Kier molecular flexibility index (Phi) is 4.77. The Morgan fingerprint density at radius 3 is 2.15 bits per heavy atom. The normalized spacial score (nSPS) is 17.7. The second kappa shape index (κ2) is 7.22. The third-order valence-electron chi connectivity index (χ3n) is 5.72. The van der Waals surface area contributed by atoms with E-state index in [9.17, 15) is 9.59 Å². The molecule has 27 heavy (non-hydrogen) atoms. The van der Waals surface area contributed by atoms with Gasteiger partial charge in [0.1, 0.15) is 0 Å². The standard InChI is InChI=1S/C22H27N3O2/c1-16-15-20(17(2)25(16)19-9-10-19)22(27)24-12-6-11-23(13-14-24)21(26)18-7-4-3-5-8-18/h3-5,7-8,15,19H,6,9-14H2,1-2H3. The second-order valence-corrected chi connectivity index (χ2v) is 7.69. The summed E-state index contributed by atoms with van der Waals surface area (Å²) in [7, 11) is 0. The Bertz CT molecular complexity index is 852. The molecule has 142 valence electrons. The van der Waals surface area contributed by atoms with Crippen molar-refractivity contribution in [3.8, 4) is 0 Å². The van der Waals surface area contributed by atoms with Gasteiger partial charge >= 0.3 is 0 Å². The van der Waals surface area contributed by atoms with Crippen LogP contribution in [0, 0.1) is 13.8 Å². The predicted molar refractivity (Wildman–Crippen MR) is 105 cm³/mol. The Morgan fingerprint density at radius 2 is 1.52 bits per heavy atom. The number of carbonyl (C=O) groups excluding carboxylic acids is 2. The first kappa shape index (κ1) is 17.8. The van der Waals surface area contributed by atoms with Gasteiger partial charge in [0, 0.05) is 49.2 Å². The van der Waals surface area contributed by atoms with Crippen molar-refractivity contribution in [1.29, 1.82) is 0 Å². The van der Waals surface area contributed by atoms with E-state index in [0.29, 0.717) is 37.8 Å². The number of benzene rings is 1. The van der Waals surface area contributed by atoms with Gasteiger partial charge in [-0.15, -0.1) is 0 Å². The summed E-state index contributed by atoms with van der Waals surface area (Å²) in [6.07, 6.45) is 3.24. The highest BCUT2D eigenvalue weighted by atomic mass is 16.2. The van der Waals surface area contributed by atoms with Gasteiger partial charge in [-0.25, -0.2) is 0 Å². The van der Waals surface area contributed by atoms with Crippen molar-refractivity contribution in [2.75, 3.05) is 26.2 Å². The molecule has 2 aromatic rings. The van der Waals surface area contributed by atoms with Crippen LogP contribution in [0.1, 0.15) is 57.4 Å². The van der Waals surface area contributed by atoms with Gasteiger partial charge in [0.25, 0.3) is 11.8 Å². The van der Waals surface area contributed by atoms with Crippen molar-refractivity contribution in [2.24, 2.45) is 0 Å². The van der Waals surface area contributed by atoms with E-state index < -0.39 is 0 Å². The van der Waals surface area contributed by atoms with Crippen molar-refractivity contribution in [3.63, 3.8) is 0 Å². The monoisotopic (exact) mass is 365 g/mol. The lowest BCUT2D eigenvalue weighted by atomic mass is 10.2. The number of aryl methyl sites for hydroxylation is 1. The molecule has 2 heterocycles. The number of rotatable bonds is 3. The molecule has 5 nitrogen and oxygen atoms in total. The molecule has 0 spiro atoms. The van der Waals surface area contributed by atoms with E-state index in [1.807, 2.05) is 46.2 Å². The summed E-state index contributed by atoms with van der Waals surface area (Å²) in [6, 6.07) is 12.0. The molecule has 5 heteroatoms. The molecular formula is C22H27N3O2. The molecule has 0 radical (unpaired) electrons. The minimum Gasteiger partial charge on any atom is -0.345 e. The maximum Gasteiger partial charge on any atom is 0.255 e. The predicted octanol–water partition coefficient (Wildman–Crippen LogP) is 3.43. The molecule has 1 aliphatic carbocycles. The van der Waals surface area contributed by atoms with Gasteiger partial charge in [0.15, 0.2) is 0 Å². The van der Waals surface area contributed by atoms with Gasteiger partial charge in [0.05, 0.1) is 5.56 Å². The van der Waals surface area contributed by atoms with Gasteiger partial charge in [-0.3, -0.25) is 9.59 Å². The van der Waals surface area contributed by atoms with Gasteiger partial charge in [0.2, 0.25) is 0 Å². The Labute approximate surface area is 160 Å². The molecule has 1 aliphatic heterocycles. The number of hydrogen-bond acceptors (Lipinski definition) is 2. The lowest BCUT2D eigenvalue weighted by Crippen LogP contribution is -2.37.